The zero-order valence-electron chi connectivity index (χ0n) is 14.8. The molecule has 2 unspecified atom stereocenters. The molecule has 2 heterocycles. The number of benzene rings is 1. The fourth-order valence-electron chi connectivity index (χ4n) is 4.07. The van der Waals surface area contributed by atoms with Gasteiger partial charge in [0.25, 0.3) is 0 Å². The van der Waals surface area contributed by atoms with Gasteiger partial charge < -0.3 is 14.8 Å². The number of nitrogens with zero attached hydrogens (tertiary/aromatic N) is 2. The van der Waals surface area contributed by atoms with Crippen LogP contribution in [0.25, 0.3) is 0 Å². The Balaban J connectivity index is 1.50. The van der Waals surface area contributed by atoms with E-state index in [4.69, 9.17) is 9.47 Å². The number of pyridine rings is 1. The van der Waals surface area contributed by atoms with Gasteiger partial charge in [-0.3, -0.25) is 0 Å². The third-order valence-electron chi connectivity index (χ3n) is 5.34. The number of anilines is 1. The first-order valence-corrected chi connectivity index (χ1v) is 9.27. The second kappa shape index (κ2) is 7.35. The Morgan fingerprint density at radius 3 is 2.85 bits per heavy atom. The molecule has 2 aromatic rings. The Hall–Kier alpha value is -2.58. The summed E-state index contributed by atoms with van der Waals surface area (Å²) in [5, 5.41) is 12.9. The van der Waals surface area contributed by atoms with Gasteiger partial charge in [-0.15, -0.1) is 0 Å². The van der Waals surface area contributed by atoms with Gasteiger partial charge in [0.15, 0.2) is 0 Å². The monoisotopic (exact) mass is 349 g/mol. The molecule has 0 amide bonds. The molecule has 2 aliphatic rings. The van der Waals surface area contributed by atoms with E-state index in [0.29, 0.717) is 23.9 Å². The van der Waals surface area contributed by atoms with Crippen molar-refractivity contribution in [2.24, 2.45) is 0 Å². The molecule has 1 aliphatic carbocycles. The Morgan fingerprint density at radius 2 is 2.08 bits per heavy atom. The summed E-state index contributed by atoms with van der Waals surface area (Å²) >= 11 is 0. The van der Waals surface area contributed by atoms with Crippen LogP contribution >= 0.6 is 0 Å². The zero-order chi connectivity index (χ0) is 17.8. The number of ether oxygens (including phenoxy) is 2. The van der Waals surface area contributed by atoms with Crippen molar-refractivity contribution in [2.75, 3.05) is 11.9 Å². The van der Waals surface area contributed by atoms with Crippen LogP contribution in [0.2, 0.25) is 0 Å². The number of aromatic nitrogens is 1. The van der Waals surface area contributed by atoms with Gasteiger partial charge in [-0.1, -0.05) is 30.3 Å². The number of hydrogen-bond acceptors (Lipinski definition) is 5. The van der Waals surface area contributed by atoms with Gasteiger partial charge in [0.2, 0.25) is 5.88 Å². The van der Waals surface area contributed by atoms with Crippen molar-refractivity contribution in [2.45, 2.75) is 50.4 Å². The Morgan fingerprint density at radius 1 is 1.23 bits per heavy atom. The molecule has 1 aromatic carbocycles. The minimum absolute atomic E-state index is 0.0601. The third-order valence-corrected chi connectivity index (χ3v) is 5.34. The minimum Gasteiger partial charge on any atom is -0.473 e. The van der Waals surface area contributed by atoms with Gasteiger partial charge in [-0.05, 0) is 43.7 Å². The summed E-state index contributed by atoms with van der Waals surface area (Å²) in [6, 6.07) is 15.9. The first-order chi connectivity index (χ1) is 12.8. The second-order valence-electron chi connectivity index (χ2n) is 7.07. The molecule has 1 aliphatic heterocycles. The topological polar surface area (TPSA) is 67.2 Å². The summed E-state index contributed by atoms with van der Waals surface area (Å²) < 4.78 is 11.9. The number of hydrogen-bond donors (Lipinski definition) is 1. The van der Waals surface area contributed by atoms with Crippen molar-refractivity contribution in [3.8, 4) is 11.9 Å². The average molecular weight is 349 g/mol. The van der Waals surface area contributed by atoms with Gasteiger partial charge in [-0.2, -0.15) is 10.2 Å². The van der Waals surface area contributed by atoms with Crippen LogP contribution in [0.3, 0.4) is 0 Å². The molecule has 5 nitrogen and oxygen atoms in total. The van der Waals surface area contributed by atoms with Gasteiger partial charge in [0.05, 0.1) is 23.3 Å². The molecule has 2 atom stereocenters. The second-order valence-corrected chi connectivity index (χ2v) is 7.07. The van der Waals surface area contributed by atoms with Crippen LogP contribution in [0.5, 0.6) is 5.88 Å². The highest BCUT2D eigenvalue weighted by Crippen LogP contribution is 2.42. The maximum Gasteiger partial charge on any atom is 0.216 e. The third kappa shape index (κ3) is 3.51. The van der Waals surface area contributed by atoms with Crippen LogP contribution in [0.1, 0.15) is 43.2 Å². The first kappa shape index (κ1) is 16.9. The number of nitrogens with one attached hydrogen (secondary N) is 1. The number of nitriles is 1. The van der Waals surface area contributed by atoms with Crippen LogP contribution in [0.4, 0.5) is 5.82 Å². The molecule has 4 rings (SSSR count). The van der Waals surface area contributed by atoms with Crippen LogP contribution in [0, 0.1) is 11.3 Å². The van der Waals surface area contributed by atoms with E-state index in [1.165, 1.54) is 0 Å². The summed E-state index contributed by atoms with van der Waals surface area (Å²) in [6.45, 7) is 1.27. The molecular weight excluding hydrogens is 326 g/mol. The van der Waals surface area contributed by atoms with E-state index in [2.05, 4.69) is 16.4 Å². The Bertz CT molecular complexity index is 789. The molecule has 1 N–H and O–H groups in total. The summed E-state index contributed by atoms with van der Waals surface area (Å²) in [6.07, 6.45) is 5.54. The van der Waals surface area contributed by atoms with Crippen LogP contribution in [-0.4, -0.2) is 23.2 Å². The predicted molar refractivity (Wildman–Crippen MR) is 98.9 cm³/mol. The summed E-state index contributed by atoms with van der Waals surface area (Å²) in [4.78, 5) is 4.57. The van der Waals surface area contributed by atoms with Crippen molar-refractivity contribution < 1.29 is 9.47 Å². The fraction of sp³-hybridized carbons (Fsp3) is 0.429. The smallest absolute Gasteiger partial charge is 0.216 e. The highest BCUT2D eigenvalue weighted by Gasteiger charge is 2.46. The maximum atomic E-state index is 9.35. The summed E-state index contributed by atoms with van der Waals surface area (Å²) in [5.41, 5.74) is 1.56. The lowest BCUT2D eigenvalue weighted by molar-refractivity contribution is 0.00267. The van der Waals surface area contributed by atoms with E-state index in [1.807, 2.05) is 30.3 Å². The van der Waals surface area contributed by atoms with Crippen LogP contribution in [-0.2, 0) is 11.3 Å². The molecule has 26 heavy (non-hydrogen) atoms. The molecule has 2 fully saturated rings. The molecule has 5 heteroatoms. The molecular formula is C21H23N3O2. The Labute approximate surface area is 154 Å². The van der Waals surface area contributed by atoms with Gasteiger partial charge in [-0.25, -0.2) is 0 Å². The van der Waals surface area contributed by atoms with Crippen LogP contribution in [0.15, 0.2) is 42.5 Å². The molecule has 1 saturated carbocycles. The molecule has 1 saturated heterocycles. The van der Waals surface area contributed by atoms with Crippen molar-refractivity contribution in [3.63, 3.8) is 0 Å². The van der Waals surface area contributed by atoms with Gasteiger partial charge >= 0.3 is 0 Å². The summed E-state index contributed by atoms with van der Waals surface area (Å²) in [5.74, 6) is 1.16. The largest absolute Gasteiger partial charge is 0.473 e. The molecule has 1 aromatic heterocycles. The van der Waals surface area contributed by atoms with Crippen molar-refractivity contribution in [1.82, 2.24) is 4.98 Å². The molecule has 0 radical (unpaired) electrons. The molecule has 1 spiro atoms. The van der Waals surface area contributed by atoms with Gasteiger partial charge in [0.1, 0.15) is 12.4 Å². The van der Waals surface area contributed by atoms with E-state index in [1.54, 1.807) is 12.1 Å². The molecule has 0 bridgehead atoms. The lowest BCUT2D eigenvalue weighted by Crippen LogP contribution is -2.42. The average Bonchev–Trinajstić information content (AvgIpc) is 3.31. The Kier molecular flexibility index (Phi) is 4.77. The zero-order valence-corrected chi connectivity index (χ0v) is 14.8. The normalized spacial score (nSPS) is 24.5. The van der Waals surface area contributed by atoms with Crippen LogP contribution < -0.4 is 10.1 Å². The van der Waals surface area contributed by atoms with E-state index >= 15 is 0 Å². The maximum absolute atomic E-state index is 9.35. The standard InChI is InChI=1S/C21H23N3O2/c22-14-17-12-19(23-18-8-4-9-21(18)10-5-11-26-21)24-20(13-17)25-15-16-6-2-1-3-7-16/h1-3,6-7,12-13,18H,4-5,8-11,15H2,(H,23,24). The van der Waals surface area contributed by atoms with Crippen molar-refractivity contribution in [3.05, 3.63) is 53.6 Å². The van der Waals surface area contributed by atoms with Crippen molar-refractivity contribution in [1.29, 1.82) is 5.26 Å². The predicted octanol–water partition coefficient (Wildman–Crippen LogP) is 4.05. The van der Waals surface area contributed by atoms with E-state index in [0.717, 1.165) is 44.3 Å². The van der Waals surface area contributed by atoms with E-state index in [-0.39, 0.29) is 11.6 Å². The molecule has 134 valence electrons. The SMILES string of the molecule is N#Cc1cc(NC2CCCC23CCCO3)nc(OCc2ccccc2)c1. The quantitative estimate of drug-likeness (QED) is 0.882. The minimum atomic E-state index is -0.0601. The van der Waals surface area contributed by atoms with E-state index < -0.39 is 0 Å². The lowest BCUT2D eigenvalue weighted by atomic mass is 9.94. The highest BCUT2D eigenvalue weighted by atomic mass is 16.5. The van der Waals surface area contributed by atoms with Gasteiger partial charge in [0, 0.05) is 12.7 Å². The lowest BCUT2D eigenvalue weighted by Gasteiger charge is -2.31. The highest BCUT2D eigenvalue weighted by molar-refractivity contribution is 5.47. The summed E-state index contributed by atoms with van der Waals surface area (Å²) in [7, 11) is 0. The van der Waals surface area contributed by atoms with E-state index in [9.17, 15) is 5.26 Å². The first-order valence-electron chi connectivity index (χ1n) is 9.27. The fourth-order valence-corrected chi connectivity index (χ4v) is 4.07. The number of rotatable bonds is 5. The van der Waals surface area contributed by atoms with Crippen molar-refractivity contribution >= 4 is 5.82 Å².